The fraction of sp³-hybridized carbons (Fsp3) is 0.208. The summed E-state index contributed by atoms with van der Waals surface area (Å²) in [5.41, 5.74) is 3.18. The van der Waals surface area contributed by atoms with Gasteiger partial charge in [0.05, 0.1) is 19.7 Å². The largest absolute Gasteiger partial charge is 0.497 e. The van der Waals surface area contributed by atoms with Crippen molar-refractivity contribution in [3.63, 3.8) is 0 Å². The molecule has 3 rings (SSSR count). The zero-order valence-corrected chi connectivity index (χ0v) is 18.1. The van der Waals surface area contributed by atoms with Gasteiger partial charge in [0, 0.05) is 10.5 Å². The molecule has 5 heteroatoms. The van der Waals surface area contributed by atoms with E-state index in [2.05, 4.69) is 33.5 Å². The second-order valence-corrected chi connectivity index (χ2v) is 7.75. The number of halogens is 1. The van der Waals surface area contributed by atoms with E-state index in [4.69, 9.17) is 4.74 Å². The molecule has 0 fully saturated rings. The minimum absolute atomic E-state index is 0.0568. The average molecular weight is 453 g/mol. The third-order valence-electron chi connectivity index (χ3n) is 4.83. The molecule has 0 aliphatic heterocycles. The Bertz CT molecular complexity index is 912. The Labute approximate surface area is 180 Å². The fourth-order valence-corrected chi connectivity index (χ4v) is 3.39. The minimum atomic E-state index is -0.223. The van der Waals surface area contributed by atoms with Crippen LogP contribution >= 0.6 is 15.9 Å². The Balaban J connectivity index is 1.68. The molecule has 0 saturated carbocycles. The van der Waals surface area contributed by atoms with E-state index in [-0.39, 0.29) is 24.5 Å². The van der Waals surface area contributed by atoms with Crippen LogP contribution in [0.1, 0.15) is 35.7 Å². The molecule has 0 bridgehead atoms. The van der Waals surface area contributed by atoms with Gasteiger partial charge in [0.2, 0.25) is 5.91 Å². The lowest BCUT2D eigenvalue weighted by atomic mass is 9.98. The molecule has 0 heterocycles. The SMILES string of the molecule is COc1ccc(C(NC(=O)CNC(C)c2ccc(Br)cc2)c2ccccc2)cc1. The summed E-state index contributed by atoms with van der Waals surface area (Å²) < 4.78 is 6.29. The molecule has 2 atom stereocenters. The predicted octanol–water partition coefficient (Wildman–Crippen LogP) is 5.01. The summed E-state index contributed by atoms with van der Waals surface area (Å²) in [4.78, 5) is 12.7. The van der Waals surface area contributed by atoms with Crippen LogP contribution in [0.5, 0.6) is 5.75 Å². The summed E-state index contributed by atoms with van der Waals surface area (Å²) >= 11 is 3.44. The number of carbonyl (C=O) groups is 1. The highest BCUT2D eigenvalue weighted by Gasteiger charge is 2.17. The first-order valence-corrected chi connectivity index (χ1v) is 10.3. The number of ether oxygens (including phenoxy) is 1. The molecule has 0 spiro atoms. The highest BCUT2D eigenvalue weighted by molar-refractivity contribution is 9.10. The van der Waals surface area contributed by atoms with Crippen LogP contribution < -0.4 is 15.4 Å². The van der Waals surface area contributed by atoms with Gasteiger partial charge in [0.1, 0.15) is 5.75 Å². The van der Waals surface area contributed by atoms with E-state index in [9.17, 15) is 4.79 Å². The molecule has 2 N–H and O–H groups in total. The molecule has 0 radical (unpaired) electrons. The standard InChI is InChI=1S/C24H25BrN2O2/c1-17(18-8-12-21(25)13-9-18)26-16-23(28)27-24(19-6-4-3-5-7-19)20-10-14-22(29-2)15-11-20/h3-15,17,24,26H,16H2,1-2H3,(H,27,28). The first-order chi connectivity index (χ1) is 14.1. The zero-order chi connectivity index (χ0) is 20.6. The predicted molar refractivity (Wildman–Crippen MR) is 120 cm³/mol. The molecule has 4 nitrogen and oxygen atoms in total. The third kappa shape index (κ3) is 5.92. The number of amides is 1. The second kappa shape index (κ2) is 10.2. The van der Waals surface area contributed by atoms with Gasteiger partial charge in [-0.15, -0.1) is 0 Å². The van der Waals surface area contributed by atoms with Crippen molar-refractivity contribution in [3.05, 3.63) is 100 Å². The molecule has 1 amide bonds. The molecule has 0 saturated heterocycles. The van der Waals surface area contributed by atoms with E-state index in [1.807, 2.05) is 78.9 Å². The number of benzene rings is 3. The van der Waals surface area contributed by atoms with Gasteiger partial charge in [0.15, 0.2) is 0 Å². The highest BCUT2D eigenvalue weighted by atomic mass is 79.9. The van der Waals surface area contributed by atoms with Crippen molar-refractivity contribution in [1.29, 1.82) is 0 Å². The molecule has 150 valence electrons. The number of carbonyl (C=O) groups excluding carboxylic acids is 1. The first-order valence-electron chi connectivity index (χ1n) is 9.54. The molecule has 3 aromatic carbocycles. The van der Waals surface area contributed by atoms with Gasteiger partial charge in [-0.1, -0.05) is 70.5 Å². The van der Waals surface area contributed by atoms with Crippen molar-refractivity contribution in [2.75, 3.05) is 13.7 Å². The van der Waals surface area contributed by atoms with E-state index < -0.39 is 0 Å². The Kier molecular flexibility index (Phi) is 7.44. The van der Waals surface area contributed by atoms with Crippen LogP contribution in [0.3, 0.4) is 0 Å². The summed E-state index contributed by atoms with van der Waals surface area (Å²) in [6, 6.07) is 25.7. The lowest BCUT2D eigenvalue weighted by Gasteiger charge is -2.21. The van der Waals surface area contributed by atoms with E-state index >= 15 is 0 Å². The Morgan fingerprint density at radius 1 is 0.897 bits per heavy atom. The average Bonchev–Trinajstić information content (AvgIpc) is 2.77. The van der Waals surface area contributed by atoms with Gasteiger partial charge in [-0.25, -0.2) is 0 Å². The van der Waals surface area contributed by atoms with Gasteiger partial charge in [-0.3, -0.25) is 4.79 Å². The molecule has 2 unspecified atom stereocenters. The zero-order valence-electron chi connectivity index (χ0n) is 16.6. The summed E-state index contributed by atoms with van der Waals surface area (Å²) in [5, 5.41) is 6.45. The van der Waals surface area contributed by atoms with Crippen LogP contribution in [0.4, 0.5) is 0 Å². The molecular weight excluding hydrogens is 428 g/mol. The van der Waals surface area contributed by atoms with Crippen molar-refractivity contribution in [2.45, 2.75) is 19.0 Å². The second-order valence-electron chi connectivity index (χ2n) is 6.84. The molecule has 0 aliphatic rings. The van der Waals surface area contributed by atoms with Gasteiger partial charge in [-0.2, -0.15) is 0 Å². The number of hydrogen-bond donors (Lipinski definition) is 2. The van der Waals surface area contributed by atoms with Crippen LogP contribution in [-0.4, -0.2) is 19.6 Å². The minimum Gasteiger partial charge on any atom is -0.497 e. The van der Waals surface area contributed by atoms with Crippen LogP contribution in [0.2, 0.25) is 0 Å². The van der Waals surface area contributed by atoms with E-state index in [1.54, 1.807) is 7.11 Å². The molecule has 3 aromatic rings. The normalized spacial score (nSPS) is 12.8. The molecule has 29 heavy (non-hydrogen) atoms. The quantitative estimate of drug-likeness (QED) is 0.504. The number of methoxy groups -OCH3 is 1. The Morgan fingerprint density at radius 2 is 1.48 bits per heavy atom. The van der Waals surface area contributed by atoms with Crippen LogP contribution in [0.15, 0.2) is 83.3 Å². The Hall–Kier alpha value is -2.63. The topological polar surface area (TPSA) is 50.4 Å². The molecule has 0 aromatic heterocycles. The van der Waals surface area contributed by atoms with Crippen molar-refractivity contribution in [1.82, 2.24) is 10.6 Å². The summed E-state index contributed by atoms with van der Waals surface area (Å²) in [6.45, 7) is 2.28. The van der Waals surface area contributed by atoms with Gasteiger partial charge in [-0.05, 0) is 47.9 Å². The fourth-order valence-electron chi connectivity index (χ4n) is 3.13. The van der Waals surface area contributed by atoms with E-state index in [1.165, 1.54) is 0 Å². The third-order valence-corrected chi connectivity index (χ3v) is 5.35. The summed E-state index contributed by atoms with van der Waals surface area (Å²) in [6.07, 6.45) is 0. The van der Waals surface area contributed by atoms with Crippen molar-refractivity contribution in [3.8, 4) is 5.75 Å². The number of hydrogen-bond acceptors (Lipinski definition) is 3. The van der Waals surface area contributed by atoms with Gasteiger partial charge >= 0.3 is 0 Å². The smallest absolute Gasteiger partial charge is 0.234 e. The first kappa shape index (κ1) is 21.1. The summed E-state index contributed by atoms with van der Waals surface area (Å²) in [7, 11) is 1.64. The lowest BCUT2D eigenvalue weighted by molar-refractivity contribution is -0.120. The maximum atomic E-state index is 12.7. The molecular formula is C24H25BrN2O2. The Morgan fingerprint density at radius 3 is 2.10 bits per heavy atom. The van der Waals surface area contributed by atoms with Crippen molar-refractivity contribution < 1.29 is 9.53 Å². The highest BCUT2D eigenvalue weighted by Crippen LogP contribution is 2.24. The van der Waals surface area contributed by atoms with Crippen molar-refractivity contribution >= 4 is 21.8 Å². The monoisotopic (exact) mass is 452 g/mol. The van der Waals surface area contributed by atoms with Gasteiger partial charge < -0.3 is 15.4 Å². The van der Waals surface area contributed by atoms with Crippen LogP contribution in [0.25, 0.3) is 0 Å². The van der Waals surface area contributed by atoms with Crippen LogP contribution in [0, 0.1) is 0 Å². The van der Waals surface area contributed by atoms with Crippen molar-refractivity contribution in [2.24, 2.45) is 0 Å². The van der Waals surface area contributed by atoms with E-state index in [0.29, 0.717) is 0 Å². The van der Waals surface area contributed by atoms with Gasteiger partial charge in [0.25, 0.3) is 0 Å². The lowest BCUT2D eigenvalue weighted by Crippen LogP contribution is -2.37. The maximum Gasteiger partial charge on any atom is 0.234 e. The summed E-state index contributed by atoms with van der Waals surface area (Å²) in [5.74, 6) is 0.732. The number of nitrogens with one attached hydrogen (secondary N) is 2. The number of rotatable bonds is 8. The van der Waals surface area contributed by atoms with E-state index in [0.717, 1.165) is 26.9 Å². The maximum absolute atomic E-state index is 12.7. The van der Waals surface area contributed by atoms with Crippen LogP contribution in [-0.2, 0) is 4.79 Å². The molecule has 0 aliphatic carbocycles.